The summed E-state index contributed by atoms with van der Waals surface area (Å²) >= 11 is 5.12. The quantitative estimate of drug-likeness (QED) is 0.270. The van der Waals surface area contributed by atoms with Gasteiger partial charge in [-0.3, -0.25) is 0 Å². The van der Waals surface area contributed by atoms with Crippen molar-refractivity contribution in [2.45, 2.75) is 65.8 Å². The minimum atomic E-state index is -4.80. The number of hydrogen-bond donors (Lipinski definition) is 1. The van der Waals surface area contributed by atoms with Crippen molar-refractivity contribution in [3.8, 4) is 17.2 Å². The maximum Gasteiger partial charge on any atom is 0.573 e. The highest BCUT2D eigenvalue weighted by molar-refractivity contribution is 6.25. The van der Waals surface area contributed by atoms with Gasteiger partial charge in [0.2, 0.25) is 0 Å². The van der Waals surface area contributed by atoms with Crippen LogP contribution in [0.3, 0.4) is 0 Å². The Morgan fingerprint density at radius 2 is 1.87 bits per heavy atom. The van der Waals surface area contributed by atoms with Crippen LogP contribution in [0, 0.1) is 6.92 Å². The Hall–Kier alpha value is -3.39. The molecule has 0 radical (unpaired) electrons. The van der Waals surface area contributed by atoms with E-state index in [0.29, 0.717) is 17.0 Å². The number of aromatic nitrogens is 1. The average Bonchev–Trinajstić information content (AvgIpc) is 3.13. The van der Waals surface area contributed by atoms with Crippen molar-refractivity contribution >= 4 is 28.5 Å². The number of carboxylic acid groups (broad SMARTS) is 1. The molecule has 1 N–H and O–H groups in total. The highest BCUT2D eigenvalue weighted by Gasteiger charge is 2.31. The number of benzene rings is 2. The smallest absolute Gasteiger partial charge is 0.479 e. The molecule has 0 amide bonds. The second-order valence-electron chi connectivity index (χ2n) is 8.50. The van der Waals surface area contributed by atoms with Crippen molar-refractivity contribution in [2.75, 3.05) is 0 Å². The number of allylic oxidation sites excluding steroid dienone is 3. The van der Waals surface area contributed by atoms with Crippen LogP contribution in [0.25, 0.3) is 16.6 Å². The van der Waals surface area contributed by atoms with E-state index in [1.165, 1.54) is 17.7 Å². The Labute approximate surface area is 226 Å². The van der Waals surface area contributed by atoms with E-state index in [1.54, 1.807) is 37.3 Å². The Balaban J connectivity index is 0.000000926. The van der Waals surface area contributed by atoms with Gasteiger partial charge < -0.3 is 19.1 Å². The van der Waals surface area contributed by atoms with Crippen LogP contribution in [0.1, 0.15) is 57.7 Å². The van der Waals surface area contributed by atoms with Crippen LogP contribution in [-0.4, -0.2) is 28.1 Å². The molecular weight excluding hydrogens is 519 g/mol. The molecule has 3 rings (SSSR count). The molecule has 206 valence electrons. The Bertz CT molecular complexity index is 1280. The van der Waals surface area contributed by atoms with Gasteiger partial charge in [-0.25, -0.2) is 4.79 Å². The second-order valence-corrected chi connectivity index (χ2v) is 8.75. The third kappa shape index (κ3) is 8.05. The molecule has 2 atom stereocenters. The van der Waals surface area contributed by atoms with Crippen molar-refractivity contribution in [2.24, 2.45) is 0 Å². The zero-order valence-corrected chi connectivity index (χ0v) is 22.8. The van der Waals surface area contributed by atoms with Crippen LogP contribution in [-0.2, 0) is 4.79 Å². The second kappa shape index (κ2) is 14.0. The van der Waals surface area contributed by atoms with E-state index in [4.69, 9.17) is 16.3 Å². The number of rotatable bonds is 9. The van der Waals surface area contributed by atoms with Crippen molar-refractivity contribution in [1.82, 2.24) is 4.57 Å². The maximum absolute atomic E-state index is 12.8. The first-order valence-electron chi connectivity index (χ1n) is 12.3. The van der Waals surface area contributed by atoms with E-state index in [9.17, 15) is 23.1 Å². The van der Waals surface area contributed by atoms with Crippen molar-refractivity contribution < 1.29 is 32.5 Å². The summed E-state index contributed by atoms with van der Waals surface area (Å²) in [5, 5.41) is 10.1. The minimum absolute atomic E-state index is 0.0176. The first kappa shape index (κ1) is 30.8. The molecule has 2 unspecified atom stereocenters. The van der Waals surface area contributed by atoms with Crippen LogP contribution in [0.5, 0.6) is 11.5 Å². The van der Waals surface area contributed by atoms with Gasteiger partial charge in [0, 0.05) is 40.4 Å². The lowest BCUT2D eigenvalue weighted by molar-refractivity contribution is -0.274. The first-order chi connectivity index (χ1) is 18.0. The summed E-state index contributed by atoms with van der Waals surface area (Å²) in [5.74, 6) is -1.01. The molecule has 0 bridgehead atoms. The summed E-state index contributed by atoms with van der Waals surface area (Å²) < 4.78 is 50.2. The molecule has 38 heavy (non-hydrogen) atoms. The van der Waals surface area contributed by atoms with Crippen LogP contribution in [0.15, 0.2) is 66.2 Å². The predicted molar refractivity (Wildman–Crippen MR) is 146 cm³/mol. The van der Waals surface area contributed by atoms with Gasteiger partial charge in [-0.1, -0.05) is 56.7 Å². The number of nitrogens with zero attached hydrogens (tertiary/aromatic N) is 1. The Morgan fingerprint density at radius 1 is 1.16 bits per heavy atom. The summed E-state index contributed by atoms with van der Waals surface area (Å²) in [6, 6.07) is 11.1. The van der Waals surface area contributed by atoms with Gasteiger partial charge in [-0.2, -0.15) is 0 Å². The third-order valence-electron chi connectivity index (χ3n) is 5.72. The lowest BCUT2D eigenvalue weighted by Crippen LogP contribution is -2.25. The van der Waals surface area contributed by atoms with Gasteiger partial charge in [0.15, 0.2) is 6.10 Å². The van der Waals surface area contributed by atoms with Gasteiger partial charge in [0.25, 0.3) is 0 Å². The van der Waals surface area contributed by atoms with Gasteiger partial charge in [-0.05, 0) is 56.5 Å². The maximum atomic E-state index is 12.8. The van der Waals surface area contributed by atoms with E-state index < -0.39 is 18.4 Å². The molecule has 9 heteroatoms. The predicted octanol–water partition coefficient (Wildman–Crippen LogP) is 8.91. The van der Waals surface area contributed by atoms with Gasteiger partial charge >= 0.3 is 12.3 Å². The first-order valence-corrected chi connectivity index (χ1v) is 12.7. The molecule has 2 aromatic carbocycles. The van der Waals surface area contributed by atoms with E-state index in [-0.39, 0.29) is 18.1 Å². The molecule has 0 aliphatic carbocycles. The molecule has 0 saturated heterocycles. The summed E-state index contributed by atoms with van der Waals surface area (Å²) in [4.78, 5) is 11.4. The number of halogens is 4. The van der Waals surface area contributed by atoms with Crippen LogP contribution < -0.4 is 9.47 Å². The molecule has 0 spiro atoms. The SMILES string of the molecule is C/C=C\C(C)c1c(C)n(-c2cccc(OC(CC)C(=O)O)c2)c2cc(OC(F)(F)F)ccc12.CC/C=C/Cl. The number of carboxylic acids is 1. The highest BCUT2D eigenvalue weighted by Crippen LogP contribution is 2.38. The molecule has 0 aliphatic heterocycles. The molecule has 0 aliphatic rings. The summed E-state index contributed by atoms with van der Waals surface area (Å²) in [5.41, 5.74) is 4.54. The fourth-order valence-corrected chi connectivity index (χ4v) is 4.35. The normalized spacial score (nSPS) is 13.4. The summed E-state index contributed by atoms with van der Waals surface area (Å²) in [6.45, 7) is 9.58. The van der Waals surface area contributed by atoms with Crippen LogP contribution in [0.2, 0.25) is 0 Å². The monoisotopic (exact) mass is 551 g/mol. The van der Waals surface area contributed by atoms with Crippen LogP contribution >= 0.6 is 11.6 Å². The number of aliphatic carboxylic acids is 1. The van der Waals surface area contributed by atoms with E-state index in [2.05, 4.69) is 4.74 Å². The van der Waals surface area contributed by atoms with Gasteiger partial charge in [-0.15, -0.1) is 13.2 Å². The van der Waals surface area contributed by atoms with Gasteiger partial charge in [0.1, 0.15) is 11.5 Å². The molecular formula is C29H33ClF3NO4. The fourth-order valence-electron chi connectivity index (χ4n) is 4.17. The minimum Gasteiger partial charge on any atom is -0.479 e. The summed E-state index contributed by atoms with van der Waals surface area (Å²) in [6.07, 6.45) is 1.35. The van der Waals surface area contributed by atoms with E-state index >= 15 is 0 Å². The Kier molecular flexibility index (Phi) is 11.3. The molecule has 1 aromatic heterocycles. The van der Waals surface area contributed by atoms with Crippen LogP contribution in [0.4, 0.5) is 13.2 Å². The summed E-state index contributed by atoms with van der Waals surface area (Å²) in [7, 11) is 0. The third-order valence-corrected chi connectivity index (χ3v) is 5.90. The van der Waals surface area contributed by atoms with E-state index in [1.807, 2.05) is 50.5 Å². The highest BCUT2D eigenvalue weighted by atomic mass is 35.5. The number of alkyl halides is 3. The molecule has 0 fully saturated rings. The van der Waals surface area contributed by atoms with Gasteiger partial charge in [0.05, 0.1) is 5.52 Å². The zero-order chi connectivity index (χ0) is 28.5. The lowest BCUT2D eigenvalue weighted by Gasteiger charge is -2.16. The topological polar surface area (TPSA) is 60.7 Å². The average molecular weight is 552 g/mol. The Morgan fingerprint density at radius 3 is 2.39 bits per heavy atom. The lowest BCUT2D eigenvalue weighted by atomic mass is 9.97. The standard InChI is InChI=1S/C25H26F3NO4.C4H7Cl/c1-5-8-15(3)23-16(4)29(21-14-19(11-12-20(21)23)33-25(26,27)28)17-9-7-10-18(13-17)32-22(6-2)24(30)31;1-2-3-4-5/h5,7-15,22H,6H2,1-4H3,(H,30,31);3-4H,2H2,1H3/b8-5-;4-3+. The van der Waals surface area contributed by atoms with Crippen molar-refractivity contribution in [3.05, 3.63) is 77.5 Å². The van der Waals surface area contributed by atoms with E-state index in [0.717, 1.165) is 23.1 Å². The largest absolute Gasteiger partial charge is 0.573 e. The molecule has 1 heterocycles. The van der Waals surface area contributed by atoms with Crippen molar-refractivity contribution in [1.29, 1.82) is 0 Å². The number of carbonyl (C=O) groups is 1. The van der Waals surface area contributed by atoms with Crippen molar-refractivity contribution in [3.63, 3.8) is 0 Å². The fraction of sp³-hybridized carbons (Fsp3) is 0.345. The zero-order valence-electron chi connectivity index (χ0n) is 22.1. The number of fused-ring (bicyclic) bond motifs is 1. The molecule has 3 aromatic rings. The molecule has 0 saturated carbocycles. The number of hydrogen-bond acceptors (Lipinski definition) is 3. The molecule has 5 nitrogen and oxygen atoms in total. The number of ether oxygens (including phenoxy) is 2.